The number of carbonyl (C=O) groups excluding carboxylic acids is 1. The number of hydrogen-bond acceptors (Lipinski definition) is 3. The highest BCUT2D eigenvalue weighted by atomic mass is 16.5. The van der Waals surface area contributed by atoms with Crippen LogP contribution in [0.3, 0.4) is 0 Å². The minimum absolute atomic E-state index is 0.140. The van der Waals surface area contributed by atoms with Gasteiger partial charge in [-0.25, -0.2) is 0 Å². The lowest BCUT2D eigenvalue weighted by Crippen LogP contribution is -2.27. The van der Waals surface area contributed by atoms with Crippen LogP contribution in [0.2, 0.25) is 0 Å². The number of pyridine rings is 1. The lowest BCUT2D eigenvalue weighted by molar-refractivity contribution is 0.0939. The molecule has 4 nitrogen and oxygen atoms in total. The van der Waals surface area contributed by atoms with Gasteiger partial charge in [-0.3, -0.25) is 9.78 Å². The molecule has 1 aromatic heterocycles. The Morgan fingerprint density at radius 2 is 2.00 bits per heavy atom. The fraction of sp³-hybridized carbons (Fsp3) is 0.294. The average molecular weight is 284 g/mol. The van der Waals surface area contributed by atoms with Gasteiger partial charge in [0.2, 0.25) is 0 Å². The zero-order chi connectivity index (χ0) is 15.4. The molecule has 0 spiro atoms. The SMILES string of the molecule is COc1ccc(C)cc1C(C)NC(=O)c1ccc(C)nc1. The van der Waals surface area contributed by atoms with Crippen LogP contribution >= 0.6 is 0 Å². The van der Waals surface area contributed by atoms with Gasteiger partial charge in [-0.2, -0.15) is 0 Å². The van der Waals surface area contributed by atoms with Crippen LogP contribution in [-0.2, 0) is 0 Å². The van der Waals surface area contributed by atoms with Crippen LogP contribution in [0.15, 0.2) is 36.5 Å². The van der Waals surface area contributed by atoms with Gasteiger partial charge in [0, 0.05) is 17.5 Å². The van der Waals surface area contributed by atoms with Crippen molar-refractivity contribution in [3.63, 3.8) is 0 Å². The summed E-state index contributed by atoms with van der Waals surface area (Å²) in [5.74, 6) is 0.633. The van der Waals surface area contributed by atoms with Crippen molar-refractivity contribution < 1.29 is 9.53 Å². The molecule has 1 N–H and O–H groups in total. The second-order valence-corrected chi connectivity index (χ2v) is 5.13. The zero-order valence-electron chi connectivity index (χ0n) is 12.8. The Morgan fingerprint density at radius 1 is 1.24 bits per heavy atom. The fourth-order valence-corrected chi connectivity index (χ4v) is 2.15. The van der Waals surface area contributed by atoms with Gasteiger partial charge < -0.3 is 10.1 Å². The average Bonchev–Trinajstić information content (AvgIpc) is 2.47. The van der Waals surface area contributed by atoms with Gasteiger partial charge >= 0.3 is 0 Å². The fourth-order valence-electron chi connectivity index (χ4n) is 2.15. The molecule has 0 fully saturated rings. The van der Waals surface area contributed by atoms with E-state index < -0.39 is 0 Å². The zero-order valence-corrected chi connectivity index (χ0v) is 12.8. The molecule has 0 bridgehead atoms. The van der Waals surface area contributed by atoms with Gasteiger partial charge in [0.05, 0.1) is 18.7 Å². The summed E-state index contributed by atoms with van der Waals surface area (Å²) in [4.78, 5) is 16.4. The topological polar surface area (TPSA) is 51.2 Å². The highest BCUT2D eigenvalue weighted by Gasteiger charge is 2.15. The molecule has 0 saturated heterocycles. The molecule has 0 saturated carbocycles. The maximum atomic E-state index is 12.2. The summed E-state index contributed by atoms with van der Waals surface area (Å²) < 4.78 is 5.36. The summed E-state index contributed by atoms with van der Waals surface area (Å²) in [6.45, 7) is 5.85. The lowest BCUT2D eigenvalue weighted by Gasteiger charge is -2.18. The van der Waals surface area contributed by atoms with Crippen molar-refractivity contribution in [1.82, 2.24) is 10.3 Å². The second kappa shape index (κ2) is 6.39. The number of rotatable bonds is 4. The van der Waals surface area contributed by atoms with E-state index in [1.165, 1.54) is 0 Å². The molecule has 4 heteroatoms. The maximum absolute atomic E-state index is 12.2. The predicted molar refractivity (Wildman–Crippen MR) is 82.6 cm³/mol. The molecule has 110 valence electrons. The van der Waals surface area contributed by atoms with E-state index in [-0.39, 0.29) is 11.9 Å². The Morgan fingerprint density at radius 3 is 2.62 bits per heavy atom. The number of amides is 1. The minimum atomic E-state index is -0.145. The lowest BCUT2D eigenvalue weighted by atomic mass is 10.0. The Balaban J connectivity index is 2.17. The van der Waals surface area contributed by atoms with Crippen LogP contribution in [0.25, 0.3) is 0 Å². The van der Waals surface area contributed by atoms with E-state index in [4.69, 9.17) is 4.74 Å². The summed E-state index contributed by atoms with van der Waals surface area (Å²) in [6, 6.07) is 9.39. The number of nitrogens with one attached hydrogen (secondary N) is 1. The Labute approximate surface area is 125 Å². The van der Waals surface area contributed by atoms with E-state index in [0.29, 0.717) is 5.56 Å². The van der Waals surface area contributed by atoms with Crippen LogP contribution in [0, 0.1) is 13.8 Å². The van der Waals surface area contributed by atoms with Crippen LogP contribution in [-0.4, -0.2) is 18.0 Å². The number of hydrogen-bond donors (Lipinski definition) is 1. The molecule has 0 radical (unpaired) electrons. The van der Waals surface area contributed by atoms with Crippen molar-refractivity contribution in [3.05, 3.63) is 58.9 Å². The van der Waals surface area contributed by atoms with Crippen molar-refractivity contribution in [2.45, 2.75) is 26.8 Å². The van der Waals surface area contributed by atoms with Gasteiger partial charge in [0.1, 0.15) is 5.75 Å². The molecule has 1 heterocycles. The molecule has 1 unspecified atom stereocenters. The molecule has 0 aliphatic carbocycles. The van der Waals surface area contributed by atoms with Crippen molar-refractivity contribution in [1.29, 1.82) is 0 Å². The highest BCUT2D eigenvalue weighted by molar-refractivity contribution is 5.94. The van der Waals surface area contributed by atoms with E-state index in [2.05, 4.69) is 10.3 Å². The molecular formula is C17H20N2O2. The number of aromatic nitrogens is 1. The summed E-state index contributed by atoms with van der Waals surface area (Å²) in [6.07, 6.45) is 1.59. The largest absolute Gasteiger partial charge is 0.496 e. The number of ether oxygens (including phenoxy) is 1. The quantitative estimate of drug-likeness (QED) is 0.938. The first-order valence-corrected chi connectivity index (χ1v) is 6.89. The first kappa shape index (κ1) is 15.0. The van der Waals surface area contributed by atoms with Gasteiger partial charge in [-0.1, -0.05) is 17.7 Å². The Bertz CT molecular complexity index is 636. The first-order valence-electron chi connectivity index (χ1n) is 6.89. The molecule has 21 heavy (non-hydrogen) atoms. The number of benzene rings is 1. The van der Waals surface area contributed by atoms with Crippen molar-refractivity contribution >= 4 is 5.91 Å². The first-order chi connectivity index (χ1) is 10.0. The predicted octanol–water partition coefficient (Wildman–Crippen LogP) is 3.20. The Hall–Kier alpha value is -2.36. The van der Waals surface area contributed by atoms with Crippen molar-refractivity contribution in [3.8, 4) is 5.75 Å². The number of carbonyl (C=O) groups is 1. The molecular weight excluding hydrogens is 264 g/mol. The third-order valence-corrected chi connectivity index (χ3v) is 3.37. The number of aryl methyl sites for hydroxylation is 2. The number of methoxy groups -OCH3 is 1. The highest BCUT2D eigenvalue weighted by Crippen LogP contribution is 2.26. The van der Waals surface area contributed by atoms with E-state index >= 15 is 0 Å². The van der Waals surface area contributed by atoms with Gasteiger partial charge in [0.25, 0.3) is 5.91 Å². The minimum Gasteiger partial charge on any atom is -0.496 e. The molecule has 0 aliphatic heterocycles. The molecule has 1 atom stereocenters. The van der Waals surface area contributed by atoms with Crippen LogP contribution in [0.4, 0.5) is 0 Å². The van der Waals surface area contributed by atoms with E-state index in [1.807, 2.05) is 45.0 Å². The van der Waals surface area contributed by atoms with E-state index in [0.717, 1.165) is 22.6 Å². The van der Waals surface area contributed by atoms with Crippen LogP contribution in [0.1, 0.15) is 40.1 Å². The van der Waals surface area contributed by atoms with Gasteiger partial charge in [0.15, 0.2) is 0 Å². The van der Waals surface area contributed by atoms with Gasteiger partial charge in [-0.05, 0) is 39.0 Å². The smallest absolute Gasteiger partial charge is 0.253 e. The molecule has 1 amide bonds. The van der Waals surface area contributed by atoms with Crippen LogP contribution in [0.5, 0.6) is 5.75 Å². The number of nitrogens with zero attached hydrogens (tertiary/aromatic N) is 1. The van der Waals surface area contributed by atoms with Crippen molar-refractivity contribution in [2.24, 2.45) is 0 Å². The molecule has 1 aromatic carbocycles. The van der Waals surface area contributed by atoms with Crippen molar-refractivity contribution in [2.75, 3.05) is 7.11 Å². The van der Waals surface area contributed by atoms with Gasteiger partial charge in [-0.15, -0.1) is 0 Å². The summed E-state index contributed by atoms with van der Waals surface area (Å²) >= 11 is 0. The molecule has 2 aromatic rings. The standard InChI is InChI=1S/C17H20N2O2/c1-11-5-8-16(21-4)15(9-11)13(3)19-17(20)14-7-6-12(2)18-10-14/h5-10,13H,1-4H3,(H,19,20). The third-order valence-electron chi connectivity index (χ3n) is 3.37. The molecule has 0 aliphatic rings. The summed E-state index contributed by atoms with van der Waals surface area (Å²) in [5, 5.41) is 2.97. The second-order valence-electron chi connectivity index (χ2n) is 5.13. The van der Waals surface area contributed by atoms with Crippen LogP contribution < -0.4 is 10.1 Å². The summed E-state index contributed by atoms with van der Waals surface area (Å²) in [5.41, 5.74) is 3.54. The monoisotopic (exact) mass is 284 g/mol. The van der Waals surface area contributed by atoms with E-state index in [9.17, 15) is 4.79 Å². The molecule has 2 rings (SSSR count). The third kappa shape index (κ3) is 3.60. The maximum Gasteiger partial charge on any atom is 0.253 e. The van der Waals surface area contributed by atoms with E-state index in [1.54, 1.807) is 19.4 Å². The summed E-state index contributed by atoms with van der Waals surface area (Å²) in [7, 11) is 1.63. The Kier molecular flexibility index (Phi) is 4.58. The normalized spacial score (nSPS) is 11.8.